The average molecular weight is 385 g/mol. The maximum atomic E-state index is 14.3. The Morgan fingerprint density at radius 3 is 1.18 bits per heavy atom. The Hall–Kier alpha value is -3.13. The molecule has 0 amide bonds. The van der Waals surface area contributed by atoms with Crippen molar-refractivity contribution in [2.75, 3.05) is 5.06 Å². The molecule has 0 aliphatic heterocycles. The van der Waals surface area contributed by atoms with Crippen LogP contribution in [0.1, 0.15) is 0 Å². The molecule has 0 heterocycles. The van der Waals surface area contributed by atoms with Crippen molar-refractivity contribution in [2.45, 2.75) is 0 Å². The van der Waals surface area contributed by atoms with Crippen LogP contribution in [0.15, 0.2) is 121 Å². The quantitative estimate of drug-likeness (QED) is 0.316. The van der Waals surface area contributed by atoms with Gasteiger partial charge < -0.3 is 0 Å². The topological polar surface area (TPSA) is 29.5 Å². The minimum Gasteiger partial charge on any atom is -0.280 e. The van der Waals surface area contributed by atoms with Gasteiger partial charge in [-0.05, 0) is 48.5 Å². The lowest BCUT2D eigenvalue weighted by molar-refractivity contribution is 0.333. The highest BCUT2D eigenvalue weighted by Gasteiger charge is 2.32. The Bertz CT molecular complexity index is 972. The van der Waals surface area contributed by atoms with Gasteiger partial charge in [-0.25, -0.2) is 5.06 Å². The molecular formula is C24H20NO2P. The van der Waals surface area contributed by atoms with Crippen molar-refractivity contribution in [1.29, 1.82) is 0 Å². The summed E-state index contributed by atoms with van der Waals surface area (Å²) in [5, 5.41) is 2.96. The molecule has 0 aliphatic carbocycles. The molecule has 4 heteroatoms. The fourth-order valence-corrected chi connectivity index (χ4v) is 5.01. The summed E-state index contributed by atoms with van der Waals surface area (Å²) in [6.07, 6.45) is 0. The summed E-state index contributed by atoms with van der Waals surface area (Å²) in [7, 11) is -3.39. The van der Waals surface area contributed by atoms with Gasteiger partial charge in [0.1, 0.15) is 0 Å². The predicted molar refractivity (Wildman–Crippen MR) is 116 cm³/mol. The first kappa shape index (κ1) is 18.2. The minimum absolute atomic E-state index is 0.651. The standard InChI is InChI=1S/C24H20NO2P/c26-28(23-17-9-3-10-18-23,24-19-11-4-12-20-24)27-25(21-13-5-1-6-14-21)22-15-7-2-8-16-22/h1-20H. The number of benzene rings is 4. The maximum absolute atomic E-state index is 14.3. The van der Waals surface area contributed by atoms with E-state index in [1.807, 2.05) is 121 Å². The highest BCUT2D eigenvalue weighted by molar-refractivity contribution is 7.74. The van der Waals surface area contributed by atoms with Gasteiger partial charge in [-0.1, -0.05) is 72.8 Å². The molecule has 3 nitrogen and oxygen atoms in total. The van der Waals surface area contributed by atoms with Crippen LogP contribution in [0.2, 0.25) is 0 Å². The predicted octanol–water partition coefficient (Wildman–Crippen LogP) is 5.69. The molecule has 0 aliphatic rings. The Labute approximate surface area is 165 Å². The van der Waals surface area contributed by atoms with Crippen molar-refractivity contribution in [3.8, 4) is 0 Å². The second-order valence-corrected chi connectivity index (χ2v) is 8.57. The summed E-state index contributed by atoms with van der Waals surface area (Å²) in [4.78, 5) is 0. The Morgan fingerprint density at radius 1 is 0.500 bits per heavy atom. The number of hydrogen-bond acceptors (Lipinski definition) is 3. The zero-order chi connectivity index (χ0) is 19.2. The number of hydrogen-bond donors (Lipinski definition) is 0. The van der Waals surface area contributed by atoms with Gasteiger partial charge in [-0.3, -0.25) is 4.57 Å². The molecule has 0 fully saturated rings. The minimum atomic E-state index is -3.39. The van der Waals surface area contributed by atoms with Crippen molar-refractivity contribution in [3.63, 3.8) is 0 Å². The third kappa shape index (κ3) is 3.77. The fraction of sp³-hybridized carbons (Fsp3) is 0. The molecule has 0 bridgehead atoms. The van der Waals surface area contributed by atoms with E-state index in [1.54, 1.807) is 5.06 Å². The zero-order valence-corrected chi connectivity index (χ0v) is 16.2. The molecule has 0 spiro atoms. The van der Waals surface area contributed by atoms with Gasteiger partial charge in [0.2, 0.25) is 0 Å². The second kappa shape index (κ2) is 8.26. The molecule has 4 aromatic carbocycles. The molecule has 28 heavy (non-hydrogen) atoms. The lowest BCUT2D eigenvalue weighted by atomic mass is 10.2. The van der Waals surface area contributed by atoms with Crippen molar-refractivity contribution in [1.82, 2.24) is 0 Å². The van der Waals surface area contributed by atoms with Crippen LogP contribution in [0.5, 0.6) is 0 Å². The van der Waals surface area contributed by atoms with Crippen LogP contribution >= 0.6 is 7.37 Å². The van der Waals surface area contributed by atoms with E-state index < -0.39 is 7.37 Å². The van der Waals surface area contributed by atoms with E-state index in [0.29, 0.717) is 10.6 Å². The zero-order valence-electron chi connectivity index (χ0n) is 15.3. The summed E-state index contributed by atoms with van der Waals surface area (Å²) < 4.78 is 20.7. The molecule has 138 valence electrons. The number of para-hydroxylation sites is 2. The second-order valence-electron chi connectivity index (χ2n) is 6.27. The lowest BCUT2D eigenvalue weighted by Crippen LogP contribution is -2.25. The van der Waals surface area contributed by atoms with Gasteiger partial charge in [0, 0.05) is 10.6 Å². The van der Waals surface area contributed by atoms with Gasteiger partial charge >= 0.3 is 0 Å². The number of nitrogens with zero attached hydrogens (tertiary/aromatic N) is 1. The van der Waals surface area contributed by atoms with Crippen LogP contribution in [-0.2, 0) is 9.19 Å². The summed E-state index contributed by atoms with van der Waals surface area (Å²) >= 11 is 0. The SMILES string of the molecule is O=P(ON(c1ccccc1)c1ccccc1)(c1ccccc1)c1ccccc1. The average Bonchev–Trinajstić information content (AvgIpc) is 2.80. The van der Waals surface area contributed by atoms with Crippen LogP contribution in [-0.4, -0.2) is 0 Å². The lowest BCUT2D eigenvalue weighted by Gasteiger charge is -2.29. The van der Waals surface area contributed by atoms with E-state index in [1.165, 1.54) is 0 Å². The highest BCUT2D eigenvalue weighted by atomic mass is 31.2. The summed E-state index contributed by atoms with van der Waals surface area (Å²) in [5.41, 5.74) is 1.61. The molecule has 0 saturated carbocycles. The van der Waals surface area contributed by atoms with E-state index in [9.17, 15) is 4.57 Å². The Morgan fingerprint density at radius 2 is 0.821 bits per heavy atom. The van der Waals surface area contributed by atoms with E-state index in [2.05, 4.69) is 0 Å². The van der Waals surface area contributed by atoms with E-state index in [0.717, 1.165) is 11.4 Å². The van der Waals surface area contributed by atoms with Crippen LogP contribution in [0, 0.1) is 0 Å². The third-order valence-corrected chi connectivity index (χ3v) is 6.72. The normalized spacial score (nSPS) is 11.1. The van der Waals surface area contributed by atoms with Crippen molar-refractivity contribution in [3.05, 3.63) is 121 Å². The van der Waals surface area contributed by atoms with Crippen molar-refractivity contribution >= 4 is 29.4 Å². The number of rotatable bonds is 6. The molecule has 0 unspecified atom stereocenters. The van der Waals surface area contributed by atoms with Crippen LogP contribution in [0.3, 0.4) is 0 Å². The van der Waals surface area contributed by atoms with Crippen LogP contribution in [0.4, 0.5) is 11.4 Å². The molecule has 0 N–H and O–H groups in total. The first-order valence-electron chi connectivity index (χ1n) is 9.08. The van der Waals surface area contributed by atoms with Gasteiger partial charge in [-0.15, -0.1) is 0 Å². The number of anilines is 2. The summed E-state index contributed by atoms with van der Waals surface area (Å²) in [5.74, 6) is 0. The van der Waals surface area contributed by atoms with Crippen LogP contribution in [0.25, 0.3) is 0 Å². The Kier molecular flexibility index (Phi) is 5.38. The Balaban J connectivity index is 1.85. The third-order valence-electron chi connectivity index (χ3n) is 4.37. The molecule has 4 aromatic rings. The van der Waals surface area contributed by atoms with Gasteiger partial charge in [0.05, 0.1) is 11.4 Å². The van der Waals surface area contributed by atoms with Crippen molar-refractivity contribution in [2.24, 2.45) is 0 Å². The van der Waals surface area contributed by atoms with E-state index in [4.69, 9.17) is 4.62 Å². The fourth-order valence-electron chi connectivity index (χ4n) is 2.98. The van der Waals surface area contributed by atoms with Crippen LogP contribution < -0.4 is 15.7 Å². The largest absolute Gasteiger partial charge is 0.283 e. The van der Waals surface area contributed by atoms with E-state index >= 15 is 0 Å². The van der Waals surface area contributed by atoms with Gasteiger partial charge in [-0.2, -0.15) is 4.62 Å². The molecule has 0 atom stereocenters. The monoisotopic (exact) mass is 385 g/mol. The van der Waals surface area contributed by atoms with Gasteiger partial charge in [0.25, 0.3) is 7.37 Å². The smallest absolute Gasteiger partial charge is 0.280 e. The molecule has 0 radical (unpaired) electrons. The first-order chi connectivity index (χ1) is 13.8. The summed E-state index contributed by atoms with van der Waals surface area (Å²) in [6.45, 7) is 0. The highest BCUT2D eigenvalue weighted by Crippen LogP contribution is 2.48. The first-order valence-corrected chi connectivity index (χ1v) is 10.7. The van der Waals surface area contributed by atoms with Crippen molar-refractivity contribution < 1.29 is 9.19 Å². The summed E-state index contributed by atoms with van der Waals surface area (Å²) in [6, 6.07) is 38.1. The molecule has 0 aromatic heterocycles. The molecule has 4 rings (SSSR count). The van der Waals surface area contributed by atoms with E-state index in [-0.39, 0.29) is 0 Å². The van der Waals surface area contributed by atoms with Gasteiger partial charge in [0.15, 0.2) is 0 Å². The maximum Gasteiger partial charge on any atom is 0.283 e. The molecule has 0 saturated heterocycles. The molecular weight excluding hydrogens is 365 g/mol.